The molecule has 4 heteroatoms. The first kappa shape index (κ1) is 14.7. The topological polar surface area (TPSA) is 41.1 Å². The van der Waals surface area contributed by atoms with Crippen molar-refractivity contribution in [2.75, 3.05) is 13.1 Å². The van der Waals surface area contributed by atoms with E-state index in [9.17, 15) is 4.79 Å². The van der Waals surface area contributed by atoms with Gasteiger partial charge in [-0.05, 0) is 31.0 Å². The lowest BCUT2D eigenvalue weighted by molar-refractivity contribution is -0.120. The van der Waals surface area contributed by atoms with Crippen LogP contribution in [-0.2, 0) is 11.2 Å². The van der Waals surface area contributed by atoms with Crippen LogP contribution >= 0.6 is 11.6 Å². The molecule has 1 amide bonds. The molecule has 0 fully saturated rings. The molecule has 3 nitrogen and oxygen atoms in total. The van der Waals surface area contributed by atoms with Gasteiger partial charge >= 0.3 is 0 Å². The minimum absolute atomic E-state index is 0.00798. The molecular formula is C14H19ClN2O. The summed E-state index contributed by atoms with van der Waals surface area (Å²) in [5, 5.41) is 6.61. The monoisotopic (exact) mass is 266 g/mol. The molecule has 0 spiro atoms. The highest BCUT2D eigenvalue weighted by Gasteiger charge is 2.07. The Morgan fingerprint density at radius 2 is 2.33 bits per heavy atom. The van der Waals surface area contributed by atoms with E-state index in [0.717, 1.165) is 17.0 Å². The van der Waals surface area contributed by atoms with Crippen LogP contribution in [0.25, 0.3) is 0 Å². The lowest BCUT2D eigenvalue weighted by Gasteiger charge is -2.14. The highest BCUT2D eigenvalue weighted by atomic mass is 35.5. The van der Waals surface area contributed by atoms with Crippen LogP contribution in [0.15, 0.2) is 36.9 Å². The molecule has 0 aliphatic carbocycles. The molecule has 1 unspecified atom stereocenters. The molecule has 18 heavy (non-hydrogen) atoms. The Hall–Kier alpha value is -1.32. The first-order valence-corrected chi connectivity index (χ1v) is 6.35. The molecule has 1 rings (SSSR count). The molecule has 0 aliphatic rings. The van der Waals surface area contributed by atoms with Gasteiger partial charge in [0.15, 0.2) is 0 Å². The largest absolute Gasteiger partial charge is 0.352 e. The van der Waals surface area contributed by atoms with Crippen molar-refractivity contribution in [1.29, 1.82) is 0 Å². The summed E-state index contributed by atoms with van der Waals surface area (Å²) in [6, 6.07) is 7.76. The third-order valence-electron chi connectivity index (χ3n) is 2.41. The second-order valence-corrected chi connectivity index (χ2v) is 4.66. The van der Waals surface area contributed by atoms with E-state index < -0.39 is 0 Å². The zero-order valence-corrected chi connectivity index (χ0v) is 11.3. The summed E-state index contributed by atoms with van der Waals surface area (Å²) >= 11 is 5.91. The first-order chi connectivity index (χ1) is 8.61. The van der Waals surface area contributed by atoms with Crippen LogP contribution in [0.3, 0.4) is 0 Å². The Morgan fingerprint density at radius 1 is 1.56 bits per heavy atom. The van der Waals surface area contributed by atoms with Crippen LogP contribution in [-0.4, -0.2) is 25.0 Å². The smallest absolute Gasteiger partial charge is 0.234 e. The van der Waals surface area contributed by atoms with Gasteiger partial charge < -0.3 is 10.6 Å². The maximum Gasteiger partial charge on any atom is 0.234 e. The van der Waals surface area contributed by atoms with Gasteiger partial charge in [-0.25, -0.2) is 0 Å². The minimum atomic E-state index is -0.00798. The van der Waals surface area contributed by atoms with Crippen molar-refractivity contribution < 1.29 is 4.79 Å². The van der Waals surface area contributed by atoms with Gasteiger partial charge in [0, 0.05) is 17.6 Å². The zero-order chi connectivity index (χ0) is 13.4. The van der Waals surface area contributed by atoms with Crippen LogP contribution in [0, 0.1) is 0 Å². The molecule has 0 aromatic heterocycles. The van der Waals surface area contributed by atoms with E-state index in [-0.39, 0.29) is 11.9 Å². The highest BCUT2D eigenvalue weighted by molar-refractivity contribution is 6.30. The summed E-state index contributed by atoms with van der Waals surface area (Å²) in [7, 11) is 0. The van der Waals surface area contributed by atoms with Gasteiger partial charge in [0.25, 0.3) is 0 Å². The Morgan fingerprint density at radius 3 is 3.00 bits per heavy atom. The quantitative estimate of drug-likeness (QED) is 0.587. The molecule has 98 valence electrons. The van der Waals surface area contributed by atoms with Crippen LogP contribution < -0.4 is 10.6 Å². The number of hydrogen-bond acceptors (Lipinski definition) is 2. The number of benzene rings is 1. The van der Waals surface area contributed by atoms with Gasteiger partial charge in [0.05, 0.1) is 6.54 Å². The fraction of sp³-hybridized carbons (Fsp3) is 0.357. The standard InChI is InChI=1S/C14H19ClN2O/c1-3-7-16-10-14(18)17-11(2)8-12-5-4-6-13(15)9-12/h3-6,9,11,16H,1,7-8,10H2,2H3,(H,17,18). The van der Waals surface area contributed by atoms with Crippen molar-refractivity contribution in [2.45, 2.75) is 19.4 Å². The molecule has 0 saturated heterocycles. The molecule has 1 atom stereocenters. The average molecular weight is 267 g/mol. The Labute approximate surface area is 113 Å². The number of nitrogens with one attached hydrogen (secondary N) is 2. The Bertz CT molecular complexity index is 407. The van der Waals surface area contributed by atoms with Gasteiger partial charge in [0.2, 0.25) is 5.91 Å². The summed E-state index contributed by atoms with van der Waals surface area (Å²) in [5.74, 6) is -0.00798. The fourth-order valence-electron chi connectivity index (χ4n) is 1.68. The van der Waals surface area contributed by atoms with E-state index in [1.165, 1.54) is 0 Å². The number of halogens is 1. The molecule has 0 radical (unpaired) electrons. The third kappa shape index (κ3) is 5.84. The number of carbonyl (C=O) groups excluding carboxylic acids is 1. The number of amides is 1. The minimum Gasteiger partial charge on any atom is -0.352 e. The fourth-order valence-corrected chi connectivity index (χ4v) is 1.90. The molecule has 0 saturated carbocycles. The molecule has 2 N–H and O–H groups in total. The Balaban J connectivity index is 2.34. The molecule has 1 aromatic rings. The SMILES string of the molecule is C=CCNCC(=O)NC(C)Cc1cccc(Cl)c1. The molecule has 0 heterocycles. The van der Waals surface area contributed by atoms with Gasteiger partial charge in [-0.3, -0.25) is 4.79 Å². The highest BCUT2D eigenvalue weighted by Crippen LogP contribution is 2.12. The Kier molecular flexibility index (Phi) is 6.47. The lowest BCUT2D eigenvalue weighted by Crippen LogP contribution is -2.40. The predicted molar refractivity (Wildman–Crippen MR) is 75.8 cm³/mol. The summed E-state index contributed by atoms with van der Waals surface area (Å²) in [5.41, 5.74) is 1.12. The maximum atomic E-state index is 11.6. The van der Waals surface area contributed by atoms with Gasteiger partial charge in [-0.1, -0.05) is 29.8 Å². The zero-order valence-electron chi connectivity index (χ0n) is 10.6. The number of rotatable bonds is 7. The van der Waals surface area contributed by atoms with Crippen molar-refractivity contribution in [1.82, 2.24) is 10.6 Å². The third-order valence-corrected chi connectivity index (χ3v) is 2.65. The van der Waals surface area contributed by atoms with Crippen LogP contribution in [0.5, 0.6) is 0 Å². The van der Waals surface area contributed by atoms with Crippen LogP contribution in [0.4, 0.5) is 0 Å². The van der Waals surface area contributed by atoms with Gasteiger partial charge in [0.1, 0.15) is 0 Å². The summed E-state index contributed by atoms with van der Waals surface area (Å²) in [6.45, 7) is 6.50. The van der Waals surface area contributed by atoms with Crippen molar-refractivity contribution in [3.8, 4) is 0 Å². The molecule has 1 aromatic carbocycles. The van der Waals surface area contributed by atoms with E-state index in [0.29, 0.717) is 13.1 Å². The predicted octanol–water partition coefficient (Wildman–Crippen LogP) is 2.16. The first-order valence-electron chi connectivity index (χ1n) is 5.97. The van der Waals surface area contributed by atoms with E-state index in [1.807, 2.05) is 31.2 Å². The number of hydrogen-bond donors (Lipinski definition) is 2. The molecular weight excluding hydrogens is 248 g/mol. The molecule has 0 aliphatic heterocycles. The van der Waals surface area contributed by atoms with E-state index >= 15 is 0 Å². The van der Waals surface area contributed by atoms with Gasteiger partial charge in [-0.2, -0.15) is 0 Å². The van der Waals surface area contributed by atoms with Crippen molar-refractivity contribution in [3.63, 3.8) is 0 Å². The van der Waals surface area contributed by atoms with Crippen molar-refractivity contribution in [3.05, 3.63) is 47.5 Å². The summed E-state index contributed by atoms with van der Waals surface area (Å²) in [4.78, 5) is 11.6. The second-order valence-electron chi connectivity index (χ2n) is 4.22. The lowest BCUT2D eigenvalue weighted by atomic mass is 10.1. The summed E-state index contributed by atoms with van der Waals surface area (Å²) < 4.78 is 0. The van der Waals surface area contributed by atoms with E-state index in [4.69, 9.17) is 11.6 Å². The molecule has 0 bridgehead atoms. The summed E-state index contributed by atoms with van der Waals surface area (Å²) in [6.07, 6.45) is 2.50. The maximum absolute atomic E-state index is 11.6. The number of carbonyl (C=O) groups is 1. The van der Waals surface area contributed by atoms with E-state index in [2.05, 4.69) is 17.2 Å². The van der Waals surface area contributed by atoms with Crippen molar-refractivity contribution >= 4 is 17.5 Å². The van der Waals surface area contributed by atoms with Crippen LogP contribution in [0.1, 0.15) is 12.5 Å². The average Bonchev–Trinajstić information content (AvgIpc) is 2.29. The van der Waals surface area contributed by atoms with E-state index in [1.54, 1.807) is 6.08 Å². The van der Waals surface area contributed by atoms with Gasteiger partial charge in [-0.15, -0.1) is 6.58 Å². The second kappa shape index (κ2) is 7.90. The van der Waals surface area contributed by atoms with Crippen molar-refractivity contribution in [2.24, 2.45) is 0 Å². The normalized spacial score (nSPS) is 11.9. The van der Waals surface area contributed by atoms with Crippen LogP contribution in [0.2, 0.25) is 5.02 Å².